The lowest BCUT2D eigenvalue weighted by Gasteiger charge is -2.34. The van der Waals surface area contributed by atoms with Crippen molar-refractivity contribution in [2.45, 2.75) is 32.4 Å². The molecule has 2 unspecified atom stereocenters. The third kappa shape index (κ3) is 6.08. The smallest absolute Gasteiger partial charge is 0.333 e. The van der Waals surface area contributed by atoms with Crippen molar-refractivity contribution in [2.75, 3.05) is 45.9 Å². The maximum atomic E-state index is 15.1. The van der Waals surface area contributed by atoms with Gasteiger partial charge in [0.1, 0.15) is 11.9 Å². The average Bonchev–Trinajstić information content (AvgIpc) is 3.73. The molecule has 1 saturated heterocycles. The Kier molecular flexibility index (Phi) is 9.12. The van der Waals surface area contributed by atoms with Crippen LogP contribution in [-0.4, -0.2) is 101 Å². The number of amides is 3. The van der Waals surface area contributed by atoms with Gasteiger partial charge in [-0.3, -0.25) is 19.2 Å². The van der Waals surface area contributed by atoms with E-state index in [2.05, 4.69) is 15.2 Å². The molecule has 2 atom stereocenters. The van der Waals surface area contributed by atoms with E-state index in [9.17, 15) is 24.0 Å². The van der Waals surface area contributed by atoms with Gasteiger partial charge in [0.15, 0.2) is 12.6 Å². The monoisotopic (exact) mass is 604 g/mol. The lowest BCUT2D eigenvalue weighted by Crippen LogP contribution is -2.52. The van der Waals surface area contributed by atoms with Crippen LogP contribution in [0.25, 0.3) is 10.9 Å². The molecular weight excluding hydrogens is 571 g/mol. The standard InChI is InChI=1S/C31H33FN6O6/c1-3-36(4-2)25(39)18-44-31(43)24-16-23(34-35-24)20-10-11-22(32)26-21(17-33-27(20)26)28(40)30(42)38-14-12-37(13-15-38)29(41)19-8-6-5-7-9-19/h5-11,17,23-24,33H,3-4,12-16,18H2,1-2H3. The number of hydrogen-bond acceptors (Lipinski definition) is 8. The number of aromatic nitrogens is 1. The van der Waals surface area contributed by atoms with Crippen molar-refractivity contribution in [3.05, 3.63) is 71.2 Å². The maximum absolute atomic E-state index is 15.1. The Hall–Kier alpha value is -4.94. The van der Waals surface area contributed by atoms with Gasteiger partial charge in [-0.1, -0.05) is 24.3 Å². The van der Waals surface area contributed by atoms with E-state index in [-0.39, 0.29) is 60.9 Å². The summed E-state index contributed by atoms with van der Waals surface area (Å²) in [4.78, 5) is 71.4. The van der Waals surface area contributed by atoms with Crippen LogP contribution in [0.1, 0.15) is 52.6 Å². The van der Waals surface area contributed by atoms with Gasteiger partial charge in [0, 0.05) is 68.4 Å². The fourth-order valence-corrected chi connectivity index (χ4v) is 5.52. The number of Topliss-reactive ketones (excluding diaryl/α,β-unsaturated/α-hetero) is 1. The molecule has 44 heavy (non-hydrogen) atoms. The molecule has 1 N–H and O–H groups in total. The molecule has 13 heteroatoms. The van der Waals surface area contributed by atoms with Crippen LogP contribution in [0.15, 0.2) is 58.9 Å². The highest BCUT2D eigenvalue weighted by Gasteiger charge is 2.34. The number of ketones is 1. The first-order valence-corrected chi connectivity index (χ1v) is 14.5. The molecule has 1 fully saturated rings. The van der Waals surface area contributed by atoms with Gasteiger partial charge in [0.05, 0.1) is 11.1 Å². The molecule has 1 aromatic heterocycles. The summed E-state index contributed by atoms with van der Waals surface area (Å²) < 4.78 is 20.3. The Balaban J connectivity index is 1.24. The zero-order valence-corrected chi connectivity index (χ0v) is 24.5. The largest absolute Gasteiger partial charge is 0.454 e. The molecule has 3 heterocycles. The summed E-state index contributed by atoms with van der Waals surface area (Å²) in [6, 6.07) is 9.92. The number of carbonyl (C=O) groups is 5. The van der Waals surface area contributed by atoms with Crippen LogP contribution in [0.5, 0.6) is 0 Å². The first-order chi connectivity index (χ1) is 21.2. The summed E-state index contributed by atoms with van der Waals surface area (Å²) >= 11 is 0. The van der Waals surface area contributed by atoms with Crippen LogP contribution in [0, 0.1) is 5.82 Å². The number of nitrogens with one attached hydrogen (secondary N) is 1. The number of piperazine rings is 1. The number of nitrogens with zero attached hydrogens (tertiary/aromatic N) is 5. The number of halogens is 1. The van der Waals surface area contributed by atoms with Crippen molar-refractivity contribution in [3.63, 3.8) is 0 Å². The van der Waals surface area contributed by atoms with E-state index in [1.807, 2.05) is 19.9 Å². The summed E-state index contributed by atoms with van der Waals surface area (Å²) in [6.45, 7) is 5.11. The van der Waals surface area contributed by atoms with Crippen LogP contribution in [0.3, 0.4) is 0 Å². The predicted molar refractivity (Wildman–Crippen MR) is 156 cm³/mol. The molecule has 0 spiro atoms. The molecule has 0 aliphatic carbocycles. The number of azo groups is 1. The number of esters is 1. The van der Waals surface area contributed by atoms with E-state index >= 15 is 4.39 Å². The van der Waals surface area contributed by atoms with Gasteiger partial charge in [0.2, 0.25) is 0 Å². The highest BCUT2D eigenvalue weighted by molar-refractivity contribution is 6.45. The molecule has 2 aromatic carbocycles. The van der Waals surface area contributed by atoms with Crippen molar-refractivity contribution >= 4 is 40.4 Å². The Labute approximate surface area is 252 Å². The summed E-state index contributed by atoms with van der Waals surface area (Å²) in [5.41, 5.74) is 1.20. The maximum Gasteiger partial charge on any atom is 0.333 e. The first kappa shape index (κ1) is 30.5. The number of aromatic amines is 1. The molecule has 0 saturated carbocycles. The summed E-state index contributed by atoms with van der Waals surface area (Å²) in [7, 11) is 0. The Morgan fingerprint density at radius 3 is 2.32 bits per heavy atom. The fraction of sp³-hybridized carbons (Fsp3) is 0.387. The molecule has 0 radical (unpaired) electrons. The van der Waals surface area contributed by atoms with Crippen molar-refractivity contribution < 1.29 is 33.1 Å². The number of carbonyl (C=O) groups excluding carboxylic acids is 5. The van der Waals surface area contributed by atoms with Crippen LogP contribution >= 0.6 is 0 Å². The predicted octanol–water partition coefficient (Wildman–Crippen LogP) is 3.15. The van der Waals surface area contributed by atoms with Gasteiger partial charge in [-0.25, -0.2) is 9.18 Å². The molecule has 3 aromatic rings. The summed E-state index contributed by atoms with van der Waals surface area (Å²) in [5, 5.41) is 8.15. The first-order valence-electron chi connectivity index (χ1n) is 14.5. The van der Waals surface area contributed by atoms with Crippen molar-refractivity contribution in [2.24, 2.45) is 10.2 Å². The van der Waals surface area contributed by atoms with E-state index in [1.54, 1.807) is 34.1 Å². The Bertz CT molecular complexity index is 1610. The second-order valence-electron chi connectivity index (χ2n) is 10.5. The van der Waals surface area contributed by atoms with Gasteiger partial charge in [-0.15, -0.1) is 0 Å². The van der Waals surface area contributed by atoms with Crippen molar-refractivity contribution in [1.29, 1.82) is 0 Å². The van der Waals surface area contributed by atoms with Gasteiger partial charge in [0.25, 0.3) is 23.5 Å². The lowest BCUT2D eigenvalue weighted by atomic mass is 9.97. The molecule has 5 rings (SSSR count). The number of likely N-dealkylation sites (N-methyl/N-ethyl adjacent to an activating group) is 1. The molecule has 2 aliphatic heterocycles. The fourth-order valence-electron chi connectivity index (χ4n) is 5.52. The number of rotatable bonds is 9. The average molecular weight is 605 g/mol. The molecular formula is C31H33FN6O6. The Morgan fingerprint density at radius 1 is 0.955 bits per heavy atom. The third-order valence-electron chi connectivity index (χ3n) is 8.01. The Morgan fingerprint density at radius 2 is 1.64 bits per heavy atom. The molecule has 2 aliphatic rings. The van der Waals surface area contributed by atoms with Crippen LogP contribution in [-0.2, 0) is 19.1 Å². The lowest BCUT2D eigenvalue weighted by molar-refractivity contribution is -0.152. The van der Waals surface area contributed by atoms with Crippen LogP contribution in [0.4, 0.5) is 4.39 Å². The number of fused-ring (bicyclic) bond motifs is 1. The minimum Gasteiger partial charge on any atom is -0.454 e. The van der Waals surface area contributed by atoms with Crippen LogP contribution in [0.2, 0.25) is 0 Å². The van der Waals surface area contributed by atoms with E-state index < -0.39 is 42.2 Å². The van der Waals surface area contributed by atoms with Gasteiger partial charge >= 0.3 is 5.97 Å². The number of H-pyrrole nitrogens is 1. The quantitative estimate of drug-likeness (QED) is 0.226. The second kappa shape index (κ2) is 13.1. The minimum atomic E-state index is -0.935. The zero-order chi connectivity index (χ0) is 31.4. The normalized spacial score (nSPS) is 18.0. The van der Waals surface area contributed by atoms with E-state index in [0.29, 0.717) is 24.2 Å². The highest BCUT2D eigenvalue weighted by atomic mass is 19.1. The van der Waals surface area contributed by atoms with E-state index in [1.165, 1.54) is 23.2 Å². The molecule has 0 bridgehead atoms. The van der Waals surface area contributed by atoms with E-state index in [4.69, 9.17) is 4.74 Å². The summed E-state index contributed by atoms with van der Waals surface area (Å²) in [5.74, 6) is -3.50. The third-order valence-corrected chi connectivity index (χ3v) is 8.01. The van der Waals surface area contributed by atoms with Gasteiger partial charge in [-0.2, -0.15) is 10.2 Å². The van der Waals surface area contributed by atoms with Gasteiger partial charge in [-0.05, 0) is 32.0 Å². The van der Waals surface area contributed by atoms with Gasteiger partial charge < -0.3 is 24.4 Å². The second-order valence-corrected chi connectivity index (χ2v) is 10.5. The van der Waals surface area contributed by atoms with Crippen LogP contribution < -0.4 is 0 Å². The molecule has 12 nitrogen and oxygen atoms in total. The van der Waals surface area contributed by atoms with E-state index in [0.717, 1.165) is 0 Å². The number of ether oxygens (including phenoxy) is 1. The SMILES string of the molecule is CCN(CC)C(=O)COC(=O)C1CC(c2ccc(F)c3c(C(=O)C(=O)N4CCN(C(=O)c5ccccc5)CC4)c[nH]c23)N=N1. The highest BCUT2D eigenvalue weighted by Crippen LogP contribution is 2.36. The summed E-state index contributed by atoms with van der Waals surface area (Å²) in [6.07, 6.45) is 1.43. The van der Waals surface area contributed by atoms with Crippen molar-refractivity contribution in [1.82, 2.24) is 19.7 Å². The molecule has 3 amide bonds. The topological polar surface area (TPSA) is 145 Å². The number of hydrogen-bond donors (Lipinski definition) is 1. The number of benzene rings is 2. The van der Waals surface area contributed by atoms with Crippen molar-refractivity contribution in [3.8, 4) is 0 Å². The minimum absolute atomic E-state index is 0.0511. The molecule has 230 valence electrons. The zero-order valence-electron chi connectivity index (χ0n) is 24.5.